The molecule has 1 N–H and O–H groups in total. The number of fused-ring (bicyclic) bond motifs is 1. The Labute approximate surface area is 184 Å². The Morgan fingerprint density at radius 2 is 1.94 bits per heavy atom. The number of amides is 1. The van der Waals surface area contributed by atoms with Gasteiger partial charge in [0.05, 0.1) is 24.5 Å². The number of halogens is 1. The molecule has 8 heteroatoms. The number of nitrogens with one attached hydrogen (secondary N) is 1. The maximum Gasteiger partial charge on any atom is 0.263 e. The quantitative estimate of drug-likeness (QED) is 0.498. The van der Waals surface area contributed by atoms with Crippen LogP contribution in [0.5, 0.6) is 5.75 Å². The van der Waals surface area contributed by atoms with Crippen molar-refractivity contribution >= 4 is 22.6 Å². The average molecular weight is 434 g/mol. The van der Waals surface area contributed by atoms with E-state index in [-0.39, 0.29) is 30.2 Å². The van der Waals surface area contributed by atoms with Gasteiger partial charge in [0.2, 0.25) is 5.91 Å². The fourth-order valence-corrected chi connectivity index (χ4v) is 3.72. The number of aryl methyl sites for hydroxylation is 2. The molecule has 0 radical (unpaired) electrons. The summed E-state index contributed by atoms with van der Waals surface area (Å²) in [5, 5.41) is 3.26. The lowest BCUT2D eigenvalue weighted by atomic mass is 10.2. The van der Waals surface area contributed by atoms with Gasteiger partial charge in [0.15, 0.2) is 5.65 Å². The molecule has 1 amide bonds. The zero-order valence-corrected chi connectivity index (χ0v) is 18.1. The third-order valence-corrected chi connectivity index (χ3v) is 5.48. The molecule has 0 spiro atoms. The van der Waals surface area contributed by atoms with E-state index in [1.165, 1.54) is 23.0 Å². The molecule has 7 nitrogen and oxygen atoms in total. The molecule has 0 saturated carbocycles. The monoisotopic (exact) mass is 434 g/mol. The van der Waals surface area contributed by atoms with Crippen LogP contribution in [0.4, 0.5) is 10.1 Å². The first-order valence-electron chi connectivity index (χ1n) is 10.2. The number of hydrogen-bond acceptors (Lipinski definition) is 4. The Kier molecular flexibility index (Phi) is 5.77. The van der Waals surface area contributed by atoms with Gasteiger partial charge in [-0.05, 0) is 49.7 Å². The molecular formula is C24H23FN4O3. The van der Waals surface area contributed by atoms with E-state index in [4.69, 9.17) is 4.74 Å². The normalized spacial score (nSPS) is 11.0. The van der Waals surface area contributed by atoms with Crippen LogP contribution in [0.3, 0.4) is 0 Å². The molecule has 0 bridgehead atoms. The molecule has 0 aliphatic rings. The number of carbonyl (C=O) groups is 1. The molecule has 164 valence electrons. The second kappa shape index (κ2) is 8.66. The zero-order valence-electron chi connectivity index (χ0n) is 18.1. The maximum absolute atomic E-state index is 13.8. The summed E-state index contributed by atoms with van der Waals surface area (Å²) < 4.78 is 22.1. The highest BCUT2D eigenvalue weighted by atomic mass is 19.1. The van der Waals surface area contributed by atoms with Crippen molar-refractivity contribution in [2.75, 3.05) is 12.4 Å². The van der Waals surface area contributed by atoms with Crippen molar-refractivity contribution < 1.29 is 13.9 Å². The topological polar surface area (TPSA) is 78.2 Å². The summed E-state index contributed by atoms with van der Waals surface area (Å²) >= 11 is 0. The van der Waals surface area contributed by atoms with E-state index in [0.29, 0.717) is 28.2 Å². The minimum atomic E-state index is -0.364. The third-order valence-electron chi connectivity index (χ3n) is 5.48. The van der Waals surface area contributed by atoms with E-state index in [1.54, 1.807) is 48.1 Å². The molecule has 4 aromatic rings. The lowest BCUT2D eigenvalue weighted by Gasteiger charge is -2.09. The van der Waals surface area contributed by atoms with Gasteiger partial charge in [-0.25, -0.2) is 9.37 Å². The maximum atomic E-state index is 13.8. The zero-order chi connectivity index (χ0) is 22.8. The summed E-state index contributed by atoms with van der Waals surface area (Å²) in [6.07, 6.45) is 1.53. The van der Waals surface area contributed by atoms with Crippen LogP contribution in [0.25, 0.3) is 16.7 Å². The Morgan fingerprint density at radius 3 is 2.69 bits per heavy atom. The van der Waals surface area contributed by atoms with Gasteiger partial charge in [-0.1, -0.05) is 12.1 Å². The Bertz CT molecular complexity index is 1370. The molecule has 0 unspecified atom stereocenters. The van der Waals surface area contributed by atoms with E-state index in [2.05, 4.69) is 10.3 Å². The van der Waals surface area contributed by atoms with E-state index in [9.17, 15) is 14.0 Å². The van der Waals surface area contributed by atoms with Crippen LogP contribution >= 0.6 is 0 Å². The number of ether oxygens (including phenoxy) is 1. The van der Waals surface area contributed by atoms with Gasteiger partial charge < -0.3 is 10.1 Å². The van der Waals surface area contributed by atoms with Crippen LogP contribution in [0.15, 0.2) is 59.7 Å². The summed E-state index contributed by atoms with van der Waals surface area (Å²) in [6, 6.07) is 13.2. The van der Waals surface area contributed by atoms with Crippen molar-refractivity contribution in [2.45, 2.75) is 26.8 Å². The van der Waals surface area contributed by atoms with Crippen molar-refractivity contribution in [2.24, 2.45) is 0 Å². The van der Waals surface area contributed by atoms with E-state index in [0.717, 1.165) is 11.3 Å². The van der Waals surface area contributed by atoms with Crippen LogP contribution in [0.1, 0.15) is 17.7 Å². The standard InChI is InChI=1S/C24H23FN4O3/c1-15-16(2)29(19-8-4-6-17(25)12-19)23-22(15)24(31)28(14-26-23)11-10-21(30)27-18-7-5-9-20(13-18)32-3/h4-9,12-14H,10-11H2,1-3H3,(H,27,30). The average Bonchev–Trinajstić information content (AvgIpc) is 3.04. The van der Waals surface area contributed by atoms with Crippen molar-refractivity contribution in [1.29, 1.82) is 0 Å². The van der Waals surface area contributed by atoms with E-state index < -0.39 is 0 Å². The summed E-state index contributed by atoms with van der Waals surface area (Å²) in [5.41, 5.74) is 3.03. The highest BCUT2D eigenvalue weighted by molar-refractivity contribution is 5.90. The summed E-state index contributed by atoms with van der Waals surface area (Å²) in [4.78, 5) is 30.0. The van der Waals surface area contributed by atoms with Crippen LogP contribution < -0.4 is 15.6 Å². The van der Waals surface area contributed by atoms with Crippen molar-refractivity contribution in [3.8, 4) is 11.4 Å². The molecule has 4 rings (SSSR count). The van der Waals surface area contributed by atoms with Gasteiger partial charge in [0.1, 0.15) is 11.6 Å². The predicted octanol–water partition coefficient (Wildman–Crippen LogP) is 3.98. The number of hydrogen-bond donors (Lipinski definition) is 1. The van der Waals surface area contributed by atoms with Crippen LogP contribution in [-0.4, -0.2) is 27.1 Å². The number of aromatic nitrogens is 3. The number of methoxy groups -OCH3 is 1. The third kappa shape index (κ3) is 3.99. The molecule has 32 heavy (non-hydrogen) atoms. The first kappa shape index (κ1) is 21.3. The van der Waals surface area contributed by atoms with E-state index in [1.807, 2.05) is 13.8 Å². The largest absolute Gasteiger partial charge is 0.497 e. The summed E-state index contributed by atoms with van der Waals surface area (Å²) in [7, 11) is 1.56. The van der Waals surface area contributed by atoms with Gasteiger partial charge in [0.25, 0.3) is 5.56 Å². The second-order valence-electron chi connectivity index (χ2n) is 7.50. The Balaban J connectivity index is 1.59. The lowest BCUT2D eigenvalue weighted by Crippen LogP contribution is -2.24. The molecule has 0 fully saturated rings. The summed E-state index contributed by atoms with van der Waals surface area (Å²) in [6.45, 7) is 3.89. The van der Waals surface area contributed by atoms with Gasteiger partial charge in [-0.2, -0.15) is 0 Å². The van der Waals surface area contributed by atoms with Gasteiger partial charge in [0, 0.05) is 30.4 Å². The molecule has 0 saturated heterocycles. The lowest BCUT2D eigenvalue weighted by molar-refractivity contribution is -0.116. The molecule has 0 aliphatic heterocycles. The van der Waals surface area contributed by atoms with E-state index >= 15 is 0 Å². The molecule has 0 atom stereocenters. The van der Waals surface area contributed by atoms with Gasteiger partial charge >= 0.3 is 0 Å². The van der Waals surface area contributed by atoms with Gasteiger partial charge in [-0.15, -0.1) is 0 Å². The Morgan fingerprint density at radius 1 is 1.16 bits per heavy atom. The first-order valence-corrected chi connectivity index (χ1v) is 10.2. The smallest absolute Gasteiger partial charge is 0.263 e. The number of nitrogens with zero attached hydrogens (tertiary/aromatic N) is 3. The number of anilines is 1. The van der Waals surface area contributed by atoms with Crippen LogP contribution in [0, 0.1) is 19.7 Å². The fourth-order valence-electron chi connectivity index (χ4n) is 3.72. The molecule has 2 heterocycles. The number of benzene rings is 2. The number of rotatable bonds is 6. The van der Waals surface area contributed by atoms with Crippen molar-refractivity contribution in [3.63, 3.8) is 0 Å². The van der Waals surface area contributed by atoms with Crippen molar-refractivity contribution in [1.82, 2.24) is 14.1 Å². The highest BCUT2D eigenvalue weighted by Crippen LogP contribution is 2.25. The molecular weight excluding hydrogens is 411 g/mol. The minimum absolute atomic E-state index is 0.104. The number of carbonyl (C=O) groups excluding carboxylic acids is 1. The summed E-state index contributed by atoms with van der Waals surface area (Å²) in [5.74, 6) is 0.0506. The molecule has 0 aliphatic carbocycles. The fraction of sp³-hybridized carbons (Fsp3) is 0.208. The molecule has 2 aromatic heterocycles. The Hall–Kier alpha value is -3.94. The highest BCUT2D eigenvalue weighted by Gasteiger charge is 2.18. The van der Waals surface area contributed by atoms with Gasteiger partial charge in [-0.3, -0.25) is 18.7 Å². The predicted molar refractivity (Wildman–Crippen MR) is 121 cm³/mol. The SMILES string of the molecule is COc1cccc(NC(=O)CCn2cnc3c(c(C)c(C)n3-c3cccc(F)c3)c2=O)c1. The first-order chi connectivity index (χ1) is 15.4. The van der Waals surface area contributed by atoms with Crippen LogP contribution in [0.2, 0.25) is 0 Å². The van der Waals surface area contributed by atoms with Crippen molar-refractivity contribution in [3.05, 3.63) is 82.3 Å². The second-order valence-corrected chi connectivity index (χ2v) is 7.50. The van der Waals surface area contributed by atoms with Crippen LogP contribution in [-0.2, 0) is 11.3 Å². The molecule has 2 aromatic carbocycles. The minimum Gasteiger partial charge on any atom is -0.497 e.